The zero-order chi connectivity index (χ0) is 12.2. The molecule has 0 aliphatic rings. The van der Waals surface area contributed by atoms with Gasteiger partial charge in [-0.05, 0) is 6.42 Å². The average molecular weight is 267 g/mol. The van der Waals surface area contributed by atoms with Crippen molar-refractivity contribution in [3.8, 4) is 0 Å². The molecule has 9 heteroatoms. The molecule has 0 atom stereocenters. The summed E-state index contributed by atoms with van der Waals surface area (Å²) in [6, 6.07) is 0. The second-order valence-electron chi connectivity index (χ2n) is 3.30. The molecule has 0 saturated carbocycles. The molecule has 0 unspecified atom stereocenters. The largest absolute Gasteiger partial charge is 0.335 e. The highest BCUT2D eigenvalue weighted by Crippen LogP contribution is 2.01. The fraction of sp³-hybridized carbons (Fsp3) is 0.571. The van der Waals surface area contributed by atoms with E-state index in [4.69, 9.17) is 0 Å². The lowest BCUT2D eigenvalue weighted by Gasteiger charge is -2.03. The molecule has 0 aromatic carbocycles. The Morgan fingerprint density at radius 1 is 1.38 bits per heavy atom. The van der Waals surface area contributed by atoms with Crippen molar-refractivity contribution in [1.29, 1.82) is 0 Å². The number of imidazole rings is 1. The summed E-state index contributed by atoms with van der Waals surface area (Å²) in [5.74, 6) is -0.0432. The lowest BCUT2D eigenvalue weighted by atomic mass is 10.5. The summed E-state index contributed by atoms with van der Waals surface area (Å²) in [6.45, 7) is 0.0778. The van der Waals surface area contributed by atoms with E-state index < -0.39 is 19.9 Å². The highest BCUT2D eigenvalue weighted by atomic mass is 32.2. The molecule has 0 radical (unpaired) electrons. The van der Waals surface area contributed by atoms with Gasteiger partial charge in [-0.2, -0.15) is 0 Å². The number of aromatic amines is 1. The zero-order valence-electron chi connectivity index (χ0n) is 8.67. The SMILES string of the molecule is CS(=O)(=O)CCCNS(=O)(=O)c1cnc[nH]1. The molecular formula is C7H13N3O4S2. The molecule has 0 aliphatic heterocycles. The monoisotopic (exact) mass is 267 g/mol. The number of H-pyrrole nitrogens is 1. The van der Waals surface area contributed by atoms with Crippen LogP contribution in [0.15, 0.2) is 17.6 Å². The Morgan fingerprint density at radius 2 is 2.06 bits per heavy atom. The maximum absolute atomic E-state index is 11.5. The Labute approximate surface area is 94.3 Å². The predicted molar refractivity (Wildman–Crippen MR) is 58.1 cm³/mol. The molecule has 1 heterocycles. The van der Waals surface area contributed by atoms with Crippen LogP contribution in [0.4, 0.5) is 0 Å². The van der Waals surface area contributed by atoms with E-state index in [2.05, 4.69) is 14.7 Å². The van der Waals surface area contributed by atoms with Crippen molar-refractivity contribution in [1.82, 2.24) is 14.7 Å². The molecule has 1 aromatic rings. The molecule has 2 N–H and O–H groups in total. The number of aromatic nitrogens is 2. The van der Waals surface area contributed by atoms with Crippen molar-refractivity contribution in [3.05, 3.63) is 12.5 Å². The molecule has 0 spiro atoms. The first-order chi connectivity index (χ1) is 7.31. The van der Waals surface area contributed by atoms with Gasteiger partial charge >= 0.3 is 0 Å². The standard InChI is InChI=1S/C7H13N3O4S2/c1-15(11,12)4-2-3-10-16(13,14)7-5-8-6-9-7/h5-6,10H,2-4H2,1H3,(H,8,9). The van der Waals surface area contributed by atoms with Gasteiger partial charge in [0.15, 0.2) is 5.03 Å². The van der Waals surface area contributed by atoms with Crippen molar-refractivity contribution < 1.29 is 16.8 Å². The second kappa shape index (κ2) is 4.93. The zero-order valence-corrected chi connectivity index (χ0v) is 10.3. The van der Waals surface area contributed by atoms with Crippen LogP contribution in [0.5, 0.6) is 0 Å². The smallest absolute Gasteiger partial charge is 0.257 e. The molecule has 0 saturated heterocycles. The van der Waals surface area contributed by atoms with Crippen LogP contribution < -0.4 is 4.72 Å². The first-order valence-electron chi connectivity index (χ1n) is 4.47. The summed E-state index contributed by atoms with van der Waals surface area (Å²) in [7, 11) is -6.65. The second-order valence-corrected chi connectivity index (χ2v) is 7.29. The molecular weight excluding hydrogens is 254 g/mol. The predicted octanol–water partition coefficient (Wildman–Crippen LogP) is -0.877. The molecule has 0 amide bonds. The molecule has 0 aliphatic carbocycles. The third-order valence-electron chi connectivity index (χ3n) is 1.75. The Balaban J connectivity index is 2.45. The van der Waals surface area contributed by atoms with Gasteiger partial charge in [0.1, 0.15) is 9.84 Å². The van der Waals surface area contributed by atoms with E-state index in [0.29, 0.717) is 0 Å². The van der Waals surface area contributed by atoms with Gasteiger partial charge in [0, 0.05) is 12.8 Å². The van der Waals surface area contributed by atoms with Gasteiger partial charge in [-0.1, -0.05) is 0 Å². The summed E-state index contributed by atoms with van der Waals surface area (Å²) < 4.78 is 46.8. The van der Waals surface area contributed by atoms with Crippen LogP contribution in [0.25, 0.3) is 0 Å². The van der Waals surface area contributed by atoms with Crippen LogP contribution in [0, 0.1) is 0 Å². The summed E-state index contributed by atoms with van der Waals surface area (Å²) in [6.07, 6.45) is 3.78. The number of hydrogen-bond donors (Lipinski definition) is 2. The molecule has 92 valence electrons. The van der Waals surface area contributed by atoms with E-state index in [1.807, 2.05) is 0 Å². The molecule has 1 aromatic heterocycles. The van der Waals surface area contributed by atoms with Crippen molar-refractivity contribution in [3.63, 3.8) is 0 Å². The third kappa shape index (κ3) is 4.29. The summed E-state index contributed by atoms with van der Waals surface area (Å²) in [5.41, 5.74) is 0. The topological polar surface area (TPSA) is 109 Å². The fourth-order valence-electron chi connectivity index (χ4n) is 1.01. The average Bonchev–Trinajstić information content (AvgIpc) is 2.64. The minimum absolute atomic E-state index is 0.0353. The quantitative estimate of drug-likeness (QED) is 0.651. The van der Waals surface area contributed by atoms with Crippen molar-refractivity contribution in [2.24, 2.45) is 0 Å². The third-order valence-corrected chi connectivity index (χ3v) is 4.16. The fourth-order valence-corrected chi connectivity index (χ4v) is 2.65. The lowest BCUT2D eigenvalue weighted by Crippen LogP contribution is -2.26. The van der Waals surface area contributed by atoms with E-state index in [1.165, 1.54) is 12.5 Å². The Kier molecular flexibility index (Phi) is 4.05. The maximum Gasteiger partial charge on any atom is 0.257 e. The number of rotatable bonds is 6. The van der Waals surface area contributed by atoms with Gasteiger partial charge in [-0.3, -0.25) is 0 Å². The summed E-state index contributed by atoms with van der Waals surface area (Å²) in [4.78, 5) is 6.04. The molecule has 1 rings (SSSR count). The minimum atomic E-state index is -3.60. The number of hydrogen-bond acceptors (Lipinski definition) is 5. The molecule has 0 bridgehead atoms. The van der Waals surface area contributed by atoms with Crippen LogP contribution >= 0.6 is 0 Å². The minimum Gasteiger partial charge on any atom is -0.335 e. The highest BCUT2D eigenvalue weighted by Gasteiger charge is 2.14. The van der Waals surface area contributed by atoms with E-state index in [1.54, 1.807) is 0 Å². The summed E-state index contributed by atoms with van der Waals surface area (Å²) >= 11 is 0. The normalized spacial score (nSPS) is 12.8. The van der Waals surface area contributed by atoms with Gasteiger partial charge in [0.2, 0.25) is 0 Å². The van der Waals surface area contributed by atoms with E-state index in [-0.39, 0.29) is 23.7 Å². The van der Waals surface area contributed by atoms with E-state index >= 15 is 0 Å². The van der Waals surface area contributed by atoms with Gasteiger partial charge in [0.25, 0.3) is 10.0 Å². The van der Waals surface area contributed by atoms with E-state index in [9.17, 15) is 16.8 Å². The van der Waals surface area contributed by atoms with Crippen molar-refractivity contribution in [2.75, 3.05) is 18.6 Å². The van der Waals surface area contributed by atoms with Crippen LogP contribution in [-0.2, 0) is 19.9 Å². The van der Waals surface area contributed by atoms with Crippen LogP contribution in [0.2, 0.25) is 0 Å². The summed E-state index contributed by atoms with van der Waals surface area (Å²) in [5, 5.41) is -0.0353. The van der Waals surface area contributed by atoms with Gasteiger partial charge in [0.05, 0.1) is 18.3 Å². The van der Waals surface area contributed by atoms with Gasteiger partial charge in [-0.15, -0.1) is 0 Å². The Bertz CT molecular complexity index is 518. The van der Waals surface area contributed by atoms with Crippen LogP contribution in [-0.4, -0.2) is 45.4 Å². The molecule has 0 fully saturated rings. The van der Waals surface area contributed by atoms with Crippen LogP contribution in [0.1, 0.15) is 6.42 Å². The van der Waals surface area contributed by atoms with Gasteiger partial charge in [-0.25, -0.2) is 26.5 Å². The van der Waals surface area contributed by atoms with Crippen LogP contribution in [0.3, 0.4) is 0 Å². The highest BCUT2D eigenvalue weighted by molar-refractivity contribution is 7.90. The van der Waals surface area contributed by atoms with E-state index in [0.717, 1.165) is 6.26 Å². The van der Waals surface area contributed by atoms with Gasteiger partial charge < -0.3 is 4.98 Å². The Morgan fingerprint density at radius 3 is 2.56 bits per heavy atom. The number of nitrogens with one attached hydrogen (secondary N) is 2. The number of sulfonamides is 1. The number of sulfone groups is 1. The maximum atomic E-state index is 11.5. The molecule has 7 nitrogen and oxygen atoms in total. The van der Waals surface area contributed by atoms with Crippen molar-refractivity contribution in [2.45, 2.75) is 11.4 Å². The first-order valence-corrected chi connectivity index (χ1v) is 8.01. The molecule has 16 heavy (non-hydrogen) atoms. The Hall–Kier alpha value is -0.930. The van der Waals surface area contributed by atoms with Crippen molar-refractivity contribution >= 4 is 19.9 Å². The number of nitrogens with zero attached hydrogens (tertiary/aromatic N) is 1. The lowest BCUT2D eigenvalue weighted by molar-refractivity contribution is 0.574. The first kappa shape index (κ1) is 13.1.